The number of amides is 1. The molecule has 0 saturated heterocycles. The molecule has 35 heavy (non-hydrogen) atoms. The number of benzene rings is 3. The highest BCUT2D eigenvalue weighted by Gasteiger charge is 2.40. The van der Waals surface area contributed by atoms with E-state index in [0.717, 1.165) is 16.7 Å². The molecule has 3 rings (SSSR count). The average Bonchev–Trinajstić information content (AvgIpc) is 2.85. The Morgan fingerprint density at radius 2 is 1.17 bits per heavy atom. The number of rotatable bonds is 9. The smallest absolute Gasteiger partial charge is 0.349 e. The van der Waals surface area contributed by atoms with Crippen LogP contribution in [0.5, 0.6) is 0 Å². The van der Waals surface area contributed by atoms with Gasteiger partial charge in [0.25, 0.3) is 5.91 Å². The van der Waals surface area contributed by atoms with E-state index in [2.05, 4.69) is 5.32 Å². The van der Waals surface area contributed by atoms with Gasteiger partial charge in [0.05, 0.1) is 11.1 Å². The van der Waals surface area contributed by atoms with Gasteiger partial charge in [-0.3, -0.25) is 4.79 Å². The van der Waals surface area contributed by atoms with Crippen LogP contribution in [0.15, 0.2) is 78.9 Å². The quantitative estimate of drug-likeness (QED) is 0.455. The Hall–Kier alpha value is -4.46. The number of carbonyl (C=O) groups is 4. The van der Waals surface area contributed by atoms with Crippen molar-refractivity contribution in [1.29, 1.82) is 0 Å². The zero-order chi connectivity index (χ0) is 25.4. The number of hydrogen-bond acceptors (Lipinski definition) is 6. The molecule has 0 unspecified atom stereocenters. The van der Waals surface area contributed by atoms with E-state index in [1.54, 1.807) is 48.5 Å². The average molecular weight is 475 g/mol. The van der Waals surface area contributed by atoms with Crippen LogP contribution in [0, 0.1) is 13.8 Å². The minimum absolute atomic E-state index is 0.0521. The summed E-state index contributed by atoms with van der Waals surface area (Å²) in [4.78, 5) is 50.4. The molecule has 0 aliphatic rings. The lowest BCUT2D eigenvalue weighted by Crippen LogP contribution is -2.50. The monoisotopic (exact) mass is 475 g/mol. The van der Waals surface area contributed by atoms with Crippen molar-refractivity contribution >= 4 is 23.8 Å². The molecule has 8 nitrogen and oxygen atoms in total. The first-order valence-corrected chi connectivity index (χ1v) is 10.8. The molecule has 0 spiro atoms. The summed E-state index contributed by atoms with van der Waals surface area (Å²) in [6.07, 6.45) is -4.01. The minimum Gasteiger partial charge on any atom is -0.478 e. The summed E-state index contributed by atoms with van der Waals surface area (Å²) >= 11 is 0. The lowest BCUT2D eigenvalue weighted by Gasteiger charge is -2.23. The predicted octanol–water partition coefficient (Wildman–Crippen LogP) is 3.46. The van der Waals surface area contributed by atoms with Crippen LogP contribution in [0.1, 0.15) is 37.4 Å². The van der Waals surface area contributed by atoms with Gasteiger partial charge >= 0.3 is 17.9 Å². The molecule has 1 amide bonds. The molecule has 8 heteroatoms. The van der Waals surface area contributed by atoms with E-state index in [4.69, 9.17) is 9.47 Å². The molecule has 0 fully saturated rings. The molecular weight excluding hydrogens is 450 g/mol. The topological polar surface area (TPSA) is 119 Å². The Labute approximate surface area is 202 Å². The number of aryl methyl sites for hydroxylation is 2. The molecule has 0 bridgehead atoms. The Kier molecular flexibility index (Phi) is 8.34. The summed E-state index contributed by atoms with van der Waals surface area (Å²) in [5, 5.41) is 12.3. The molecule has 180 valence electrons. The normalized spacial score (nSPS) is 12.2. The van der Waals surface area contributed by atoms with E-state index in [9.17, 15) is 24.3 Å². The van der Waals surface area contributed by atoms with Gasteiger partial charge in [0.15, 0.2) is 0 Å². The van der Waals surface area contributed by atoms with Gasteiger partial charge in [0, 0.05) is 6.54 Å². The van der Waals surface area contributed by atoms with E-state index in [1.807, 2.05) is 19.9 Å². The number of carbonyl (C=O) groups excluding carboxylic acids is 3. The predicted molar refractivity (Wildman–Crippen MR) is 127 cm³/mol. The number of hydrogen-bond donors (Lipinski definition) is 2. The van der Waals surface area contributed by atoms with Crippen LogP contribution in [0.4, 0.5) is 0 Å². The maximum Gasteiger partial charge on any atom is 0.349 e. The highest BCUT2D eigenvalue weighted by Crippen LogP contribution is 2.15. The van der Waals surface area contributed by atoms with Crippen molar-refractivity contribution in [3.8, 4) is 0 Å². The van der Waals surface area contributed by atoms with Gasteiger partial charge in [-0.25, -0.2) is 14.4 Å². The van der Waals surface area contributed by atoms with Crippen LogP contribution in [0.25, 0.3) is 0 Å². The largest absolute Gasteiger partial charge is 0.478 e. The van der Waals surface area contributed by atoms with Gasteiger partial charge in [0.2, 0.25) is 12.2 Å². The van der Waals surface area contributed by atoms with Crippen molar-refractivity contribution in [3.05, 3.63) is 107 Å². The van der Waals surface area contributed by atoms with E-state index in [0.29, 0.717) is 0 Å². The highest BCUT2D eigenvalue weighted by molar-refractivity contribution is 5.96. The Balaban J connectivity index is 1.85. The number of carboxylic acid groups (broad SMARTS) is 1. The van der Waals surface area contributed by atoms with Gasteiger partial charge in [-0.2, -0.15) is 0 Å². The first kappa shape index (κ1) is 25.2. The summed E-state index contributed by atoms with van der Waals surface area (Å²) in [7, 11) is 0. The number of nitrogens with one attached hydrogen (secondary N) is 1. The zero-order valence-corrected chi connectivity index (χ0v) is 19.3. The molecule has 0 aliphatic carbocycles. The van der Waals surface area contributed by atoms with Crippen LogP contribution in [0.3, 0.4) is 0 Å². The van der Waals surface area contributed by atoms with Crippen LogP contribution < -0.4 is 5.32 Å². The molecule has 2 N–H and O–H groups in total. The van der Waals surface area contributed by atoms with Crippen LogP contribution in [-0.2, 0) is 25.6 Å². The summed E-state index contributed by atoms with van der Waals surface area (Å²) in [6.45, 7) is 3.71. The second-order valence-corrected chi connectivity index (χ2v) is 7.93. The van der Waals surface area contributed by atoms with Crippen LogP contribution in [-0.4, -0.2) is 41.1 Å². The third-order valence-corrected chi connectivity index (χ3v) is 5.13. The van der Waals surface area contributed by atoms with E-state index < -0.39 is 36.0 Å². The van der Waals surface area contributed by atoms with Gasteiger partial charge in [-0.1, -0.05) is 65.7 Å². The first-order valence-electron chi connectivity index (χ1n) is 10.8. The third kappa shape index (κ3) is 7.01. The standard InChI is InChI=1S/C27H25NO7/c1-17-8-12-20(13-9-17)26(32)34-22(24(29)28-16-19-6-4-3-5-7-19)23(25(30)31)35-27(33)21-14-10-18(2)11-15-21/h3-15,22-23H,16H2,1-2H3,(H,28,29)(H,30,31)/t22-,23-/m1/s1. The number of aliphatic carboxylic acids is 1. The van der Waals surface area contributed by atoms with Crippen LogP contribution >= 0.6 is 0 Å². The van der Waals surface area contributed by atoms with Crippen LogP contribution in [0.2, 0.25) is 0 Å². The number of ether oxygens (including phenoxy) is 2. The lowest BCUT2D eigenvalue weighted by atomic mass is 10.1. The molecule has 3 aromatic rings. The molecule has 2 atom stereocenters. The van der Waals surface area contributed by atoms with Gasteiger partial charge in [-0.05, 0) is 43.7 Å². The molecule has 0 radical (unpaired) electrons. The first-order chi connectivity index (χ1) is 16.7. The second-order valence-electron chi connectivity index (χ2n) is 7.93. The van der Waals surface area contributed by atoms with E-state index in [-0.39, 0.29) is 17.7 Å². The second kappa shape index (κ2) is 11.6. The van der Waals surface area contributed by atoms with Gasteiger partial charge in [0.1, 0.15) is 0 Å². The summed E-state index contributed by atoms with van der Waals surface area (Å²) in [5.74, 6) is -4.45. The summed E-state index contributed by atoms with van der Waals surface area (Å²) < 4.78 is 10.4. The van der Waals surface area contributed by atoms with Crippen molar-refractivity contribution < 1.29 is 33.8 Å². The van der Waals surface area contributed by atoms with Crippen molar-refractivity contribution in [2.75, 3.05) is 0 Å². The summed E-state index contributed by atoms with van der Waals surface area (Å²) in [5.41, 5.74) is 2.74. The lowest BCUT2D eigenvalue weighted by molar-refractivity contribution is -0.159. The van der Waals surface area contributed by atoms with Crippen molar-refractivity contribution in [2.45, 2.75) is 32.6 Å². The fourth-order valence-electron chi connectivity index (χ4n) is 3.13. The highest BCUT2D eigenvalue weighted by atomic mass is 16.6. The molecule has 0 aromatic heterocycles. The van der Waals surface area contributed by atoms with Crippen molar-refractivity contribution in [1.82, 2.24) is 5.32 Å². The Bertz CT molecular complexity index is 1190. The van der Waals surface area contributed by atoms with Gasteiger partial charge in [-0.15, -0.1) is 0 Å². The minimum atomic E-state index is -2.08. The third-order valence-electron chi connectivity index (χ3n) is 5.13. The number of esters is 2. The fraction of sp³-hybridized carbons (Fsp3) is 0.185. The van der Waals surface area contributed by atoms with E-state index in [1.165, 1.54) is 24.3 Å². The maximum atomic E-state index is 13.0. The SMILES string of the molecule is Cc1ccc(C(=O)O[C@@H](C(=O)O)[C@@H](OC(=O)c2ccc(C)cc2)C(=O)NCc2ccccc2)cc1. The Morgan fingerprint density at radius 3 is 1.63 bits per heavy atom. The van der Waals surface area contributed by atoms with Gasteiger partial charge < -0.3 is 19.9 Å². The number of carboxylic acids is 1. The van der Waals surface area contributed by atoms with Crippen molar-refractivity contribution in [3.63, 3.8) is 0 Å². The maximum absolute atomic E-state index is 13.0. The molecule has 0 aliphatic heterocycles. The van der Waals surface area contributed by atoms with Crippen molar-refractivity contribution in [2.24, 2.45) is 0 Å². The summed E-state index contributed by atoms with van der Waals surface area (Å²) in [6, 6.07) is 21.5. The fourth-order valence-corrected chi connectivity index (χ4v) is 3.13. The molecule has 0 saturated carbocycles. The van der Waals surface area contributed by atoms with E-state index >= 15 is 0 Å². The zero-order valence-electron chi connectivity index (χ0n) is 19.3. The molecular formula is C27H25NO7. The molecule has 0 heterocycles. The Morgan fingerprint density at radius 1 is 0.714 bits per heavy atom. The molecule has 3 aromatic carbocycles.